The zero-order valence-electron chi connectivity index (χ0n) is 10.6. The summed E-state index contributed by atoms with van der Waals surface area (Å²) >= 11 is 0. The number of hydrogen-bond acceptors (Lipinski definition) is 3. The van der Waals surface area contributed by atoms with Gasteiger partial charge in [0.15, 0.2) is 0 Å². The van der Waals surface area contributed by atoms with Gasteiger partial charge in [0.05, 0.1) is 12.1 Å². The predicted octanol–water partition coefficient (Wildman–Crippen LogP) is 1.32. The summed E-state index contributed by atoms with van der Waals surface area (Å²) in [6, 6.07) is -0.287. The molecular formula is C13H21NO3. The Morgan fingerprint density at radius 3 is 2.12 bits per heavy atom. The summed E-state index contributed by atoms with van der Waals surface area (Å²) in [6.07, 6.45) is 3.96. The van der Waals surface area contributed by atoms with Crippen LogP contribution in [0.3, 0.4) is 0 Å². The third kappa shape index (κ3) is 2.10. The molecule has 1 saturated heterocycles. The molecule has 17 heavy (non-hydrogen) atoms. The van der Waals surface area contributed by atoms with Gasteiger partial charge in [0.2, 0.25) is 11.8 Å². The van der Waals surface area contributed by atoms with Gasteiger partial charge < -0.3 is 5.11 Å². The molecule has 0 aromatic rings. The highest BCUT2D eigenvalue weighted by Gasteiger charge is 2.47. The second kappa shape index (κ2) is 4.77. The van der Waals surface area contributed by atoms with Crippen molar-refractivity contribution in [1.82, 2.24) is 4.90 Å². The van der Waals surface area contributed by atoms with Gasteiger partial charge in [0.1, 0.15) is 0 Å². The van der Waals surface area contributed by atoms with Crippen LogP contribution in [-0.2, 0) is 9.59 Å². The van der Waals surface area contributed by atoms with Gasteiger partial charge in [-0.1, -0.05) is 33.1 Å². The molecule has 2 rings (SSSR count). The molecule has 1 aliphatic carbocycles. The molecule has 1 N–H and O–H groups in total. The Bertz CT molecular complexity index is 309. The molecular weight excluding hydrogens is 218 g/mol. The summed E-state index contributed by atoms with van der Waals surface area (Å²) in [6.45, 7) is 3.60. The Hall–Kier alpha value is -0.900. The fourth-order valence-corrected chi connectivity index (χ4v) is 2.87. The van der Waals surface area contributed by atoms with Crippen LogP contribution in [0.5, 0.6) is 0 Å². The summed E-state index contributed by atoms with van der Waals surface area (Å²) in [5.41, 5.74) is 0. The number of rotatable bonds is 1. The van der Waals surface area contributed by atoms with E-state index in [0.29, 0.717) is 6.42 Å². The van der Waals surface area contributed by atoms with Crippen molar-refractivity contribution in [2.24, 2.45) is 11.8 Å². The second-order valence-corrected chi connectivity index (χ2v) is 5.40. The average Bonchev–Trinajstić information content (AvgIpc) is 2.52. The number of nitrogens with zero attached hydrogens (tertiary/aromatic N) is 1. The fraction of sp³-hybridized carbons (Fsp3) is 0.846. The highest BCUT2D eigenvalue weighted by Crippen LogP contribution is 2.32. The number of likely N-dealkylation sites (tertiary alicyclic amines) is 1. The van der Waals surface area contributed by atoms with Gasteiger partial charge in [0.25, 0.3) is 0 Å². The van der Waals surface area contributed by atoms with Crippen LogP contribution < -0.4 is 0 Å². The van der Waals surface area contributed by atoms with E-state index in [9.17, 15) is 14.7 Å². The molecule has 96 valence electrons. The number of aliphatic hydroxyl groups is 1. The molecule has 4 atom stereocenters. The molecule has 0 aromatic carbocycles. The molecule has 2 aliphatic rings. The van der Waals surface area contributed by atoms with E-state index in [0.717, 1.165) is 25.7 Å². The molecule has 0 aromatic heterocycles. The Balaban J connectivity index is 2.20. The Kier molecular flexibility index (Phi) is 3.52. The van der Waals surface area contributed by atoms with Crippen LogP contribution in [0.4, 0.5) is 0 Å². The van der Waals surface area contributed by atoms with Crippen LogP contribution in [0.25, 0.3) is 0 Å². The van der Waals surface area contributed by atoms with Gasteiger partial charge in [-0.2, -0.15) is 0 Å². The first-order valence-electron chi connectivity index (χ1n) is 6.59. The fourth-order valence-electron chi connectivity index (χ4n) is 2.87. The van der Waals surface area contributed by atoms with Gasteiger partial charge in [-0.3, -0.25) is 14.5 Å². The number of imide groups is 1. The van der Waals surface area contributed by atoms with Crippen LogP contribution in [0.1, 0.15) is 46.0 Å². The van der Waals surface area contributed by atoms with Crippen LogP contribution in [-0.4, -0.2) is 34.0 Å². The number of amides is 2. The minimum atomic E-state index is -0.539. The summed E-state index contributed by atoms with van der Waals surface area (Å²) in [7, 11) is 0. The van der Waals surface area contributed by atoms with E-state index in [4.69, 9.17) is 0 Å². The molecule has 4 unspecified atom stereocenters. The van der Waals surface area contributed by atoms with Gasteiger partial charge in [-0.25, -0.2) is 0 Å². The monoisotopic (exact) mass is 239 g/mol. The van der Waals surface area contributed by atoms with Gasteiger partial charge in [-0.05, 0) is 12.8 Å². The van der Waals surface area contributed by atoms with Crippen molar-refractivity contribution in [2.45, 2.75) is 58.1 Å². The SMILES string of the molecule is CC1C(=O)N(C2CCCCCC2O)C(=O)C1C. The van der Waals surface area contributed by atoms with E-state index in [-0.39, 0.29) is 29.7 Å². The zero-order chi connectivity index (χ0) is 12.6. The number of aliphatic hydroxyl groups excluding tert-OH is 1. The lowest BCUT2D eigenvalue weighted by molar-refractivity contribution is -0.145. The lowest BCUT2D eigenvalue weighted by Gasteiger charge is -2.29. The van der Waals surface area contributed by atoms with Crippen LogP contribution in [0.15, 0.2) is 0 Å². The standard InChI is InChI=1S/C13H21NO3/c1-8-9(2)13(17)14(12(8)16)10-6-4-3-5-7-11(10)15/h8-11,15H,3-7H2,1-2H3. The first-order chi connectivity index (χ1) is 8.04. The van der Waals surface area contributed by atoms with Crippen molar-refractivity contribution in [3.05, 3.63) is 0 Å². The van der Waals surface area contributed by atoms with Crippen LogP contribution >= 0.6 is 0 Å². The molecule has 4 nitrogen and oxygen atoms in total. The molecule has 0 radical (unpaired) electrons. The first kappa shape index (κ1) is 12.6. The molecule has 0 spiro atoms. The number of carbonyl (C=O) groups excluding carboxylic acids is 2. The van der Waals surface area contributed by atoms with Crippen LogP contribution in [0.2, 0.25) is 0 Å². The average molecular weight is 239 g/mol. The Morgan fingerprint density at radius 2 is 1.53 bits per heavy atom. The van der Waals surface area contributed by atoms with Crippen molar-refractivity contribution in [3.8, 4) is 0 Å². The maximum absolute atomic E-state index is 12.1. The minimum absolute atomic E-state index is 0.103. The summed E-state index contributed by atoms with van der Waals surface area (Å²) in [5, 5.41) is 10.1. The Morgan fingerprint density at radius 1 is 1.00 bits per heavy atom. The quantitative estimate of drug-likeness (QED) is 0.554. The summed E-state index contributed by atoms with van der Waals surface area (Å²) in [5.74, 6) is -0.683. The predicted molar refractivity (Wildman–Crippen MR) is 63.1 cm³/mol. The Labute approximate surface area is 102 Å². The van der Waals surface area contributed by atoms with E-state index in [1.54, 1.807) is 13.8 Å². The number of carbonyl (C=O) groups is 2. The third-order valence-corrected chi connectivity index (χ3v) is 4.28. The zero-order valence-corrected chi connectivity index (χ0v) is 10.6. The lowest BCUT2D eigenvalue weighted by Crippen LogP contribution is -2.46. The molecule has 1 saturated carbocycles. The van der Waals surface area contributed by atoms with Crippen molar-refractivity contribution >= 4 is 11.8 Å². The maximum Gasteiger partial charge on any atom is 0.233 e. The first-order valence-corrected chi connectivity index (χ1v) is 6.59. The molecule has 1 aliphatic heterocycles. The van der Waals surface area contributed by atoms with Crippen molar-refractivity contribution in [1.29, 1.82) is 0 Å². The van der Waals surface area contributed by atoms with Gasteiger partial charge in [-0.15, -0.1) is 0 Å². The summed E-state index contributed by atoms with van der Waals surface area (Å²) in [4.78, 5) is 25.5. The number of hydrogen-bond donors (Lipinski definition) is 1. The maximum atomic E-state index is 12.1. The van der Waals surface area contributed by atoms with Gasteiger partial charge in [0, 0.05) is 11.8 Å². The normalized spacial score (nSPS) is 39.6. The topological polar surface area (TPSA) is 57.6 Å². The van der Waals surface area contributed by atoms with Gasteiger partial charge >= 0.3 is 0 Å². The van der Waals surface area contributed by atoms with Crippen LogP contribution in [0, 0.1) is 11.8 Å². The highest BCUT2D eigenvalue weighted by atomic mass is 16.3. The lowest BCUT2D eigenvalue weighted by atomic mass is 10.00. The van der Waals surface area contributed by atoms with Crippen molar-refractivity contribution < 1.29 is 14.7 Å². The molecule has 4 heteroatoms. The minimum Gasteiger partial charge on any atom is -0.391 e. The van der Waals surface area contributed by atoms with Crippen molar-refractivity contribution in [2.75, 3.05) is 0 Å². The van der Waals surface area contributed by atoms with E-state index >= 15 is 0 Å². The highest BCUT2D eigenvalue weighted by molar-refractivity contribution is 6.05. The molecule has 0 bridgehead atoms. The summed E-state index contributed by atoms with van der Waals surface area (Å²) < 4.78 is 0. The molecule has 2 fully saturated rings. The van der Waals surface area contributed by atoms with E-state index in [1.165, 1.54) is 4.90 Å². The molecule has 1 heterocycles. The van der Waals surface area contributed by atoms with E-state index in [2.05, 4.69) is 0 Å². The third-order valence-electron chi connectivity index (χ3n) is 4.28. The van der Waals surface area contributed by atoms with E-state index in [1.807, 2.05) is 0 Å². The second-order valence-electron chi connectivity index (χ2n) is 5.40. The largest absolute Gasteiger partial charge is 0.391 e. The van der Waals surface area contributed by atoms with Crippen molar-refractivity contribution in [3.63, 3.8) is 0 Å². The molecule has 2 amide bonds. The van der Waals surface area contributed by atoms with E-state index < -0.39 is 6.10 Å². The smallest absolute Gasteiger partial charge is 0.233 e.